The Kier molecular flexibility index (Phi) is 6.94. The van der Waals surface area contributed by atoms with Crippen molar-refractivity contribution >= 4 is 11.8 Å². The third-order valence-corrected chi connectivity index (χ3v) is 5.23. The molecule has 1 saturated heterocycles. The highest BCUT2D eigenvalue weighted by Crippen LogP contribution is 2.29. The van der Waals surface area contributed by atoms with Crippen LogP contribution in [0.15, 0.2) is 28.8 Å². The van der Waals surface area contributed by atoms with E-state index in [0.717, 1.165) is 13.1 Å². The van der Waals surface area contributed by atoms with Gasteiger partial charge in [-0.25, -0.2) is 0 Å². The van der Waals surface area contributed by atoms with E-state index in [4.69, 9.17) is 0 Å². The number of nitrogens with zero attached hydrogens (tertiary/aromatic N) is 5. The summed E-state index contributed by atoms with van der Waals surface area (Å²) in [6.07, 6.45) is -4.71. The Balaban J connectivity index is 1.58. The first kappa shape index (κ1) is 22.7. The predicted octanol–water partition coefficient (Wildman–Crippen LogP) is 2.38. The Morgan fingerprint density at radius 3 is 2.13 bits per heavy atom. The molecule has 11 heteroatoms. The lowest BCUT2D eigenvalue weighted by molar-refractivity contribution is -0.159. The highest BCUT2D eigenvalue weighted by Gasteiger charge is 2.38. The molecular weight excluding hydrogens is 415 g/mol. The minimum atomic E-state index is -4.71. The fourth-order valence-electron chi connectivity index (χ4n) is 3.30. The second-order valence-corrected chi connectivity index (χ2v) is 7.13. The first-order chi connectivity index (χ1) is 14.7. The number of piperazine rings is 1. The molecule has 1 fully saturated rings. The molecule has 2 heterocycles. The van der Waals surface area contributed by atoms with Crippen LogP contribution >= 0.6 is 0 Å². The van der Waals surface area contributed by atoms with E-state index < -0.39 is 12.1 Å². The number of benzene rings is 1. The van der Waals surface area contributed by atoms with Crippen LogP contribution in [0, 0.1) is 0 Å². The lowest BCUT2D eigenvalue weighted by Gasteiger charge is -2.35. The molecule has 0 atom stereocenters. The molecule has 1 aliphatic rings. The van der Waals surface area contributed by atoms with Crippen molar-refractivity contribution in [1.82, 2.24) is 24.8 Å². The van der Waals surface area contributed by atoms with Crippen LogP contribution in [0.25, 0.3) is 11.4 Å². The summed E-state index contributed by atoms with van der Waals surface area (Å²) in [6.45, 7) is 7.76. The Hall–Kier alpha value is -2.95. The number of carbonyl (C=O) groups excluding carboxylic acids is 2. The van der Waals surface area contributed by atoms with E-state index >= 15 is 0 Å². The SMILES string of the molecule is CCN(CC)CC(=O)N1CCN(C(=O)c2ccc(-c3noc(C(F)(F)F)n3)cc2)CC1. The van der Waals surface area contributed by atoms with Gasteiger partial charge in [-0.15, -0.1) is 0 Å². The van der Waals surface area contributed by atoms with E-state index in [9.17, 15) is 22.8 Å². The first-order valence-electron chi connectivity index (χ1n) is 10.0. The number of aromatic nitrogens is 2. The van der Waals surface area contributed by atoms with Gasteiger partial charge in [0.2, 0.25) is 11.7 Å². The second kappa shape index (κ2) is 9.46. The number of rotatable bonds is 6. The van der Waals surface area contributed by atoms with E-state index in [1.54, 1.807) is 9.80 Å². The second-order valence-electron chi connectivity index (χ2n) is 7.13. The fourth-order valence-corrected chi connectivity index (χ4v) is 3.30. The molecule has 0 saturated carbocycles. The fraction of sp³-hybridized carbons (Fsp3) is 0.500. The summed E-state index contributed by atoms with van der Waals surface area (Å²) < 4.78 is 42.0. The maximum absolute atomic E-state index is 12.7. The van der Waals surface area contributed by atoms with Crippen molar-refractivity contribution in [2.75, 3.05) is 45.8 Å². The topological polar surface area (TPSA) is 82.8 Å². The zero-order chi connectivity index (χ0) is 22.6. The van der Waals surface area contributed by atoms with Gasteiger partial charge < -0.3 is 14.3 Å². The standard InChI is InChI=1S/C20H24F3N5O3/c1-3-26(4-2)13-16(29)27-9-11-28(12-10-27)18(30)15-7-5-14(6-8-15)17-24-19(31-25-17)20(21,22)23/h5-8H,3-4,9-13H2,1-2H3. The summed E-state index contributed by atoms with van der Waals surface area (Å²) in [5, 5.41) is 3.33. The zero-order valence-corrected chi connectivity index (χ0v) is 17.4. The smallest absolute Gasteiger partial charge is 0.338 e. The molecule has 168 valence electrons. The summed E-state index contributed by atoms with van der Waals surface area (Å²) in [6, 6.07) is 5.97. The molecule has 0 unspecified atom stereocenters. The van der Waals surface area contributed by atoms with Crippen molar-refractivity contribution in [2.45, 2.75) is 20.0 Å². The van der Waals surface area contributed by atoms with Gasteiger partial charge >= 0.3 is 12.1 Å². The molecule has 0 aliphatic carbocycles. The molecule has 0 N–H and O–H groups in total. The van der Waals surface area contributed by atoms with Crippen molar-refractivity contribution in [3.8, 4) is 11.4 Å². The summed E-state index contributed by atoms with van der Waals surface area (Å²) in [4.78, 5) is 33.9. The van der Waals surface area contributed by atoms with Crippen LogP contribution in [-0.4, -0.2) is 82.5 Å². The van der Waals surface area contributed by atoms with E-state index in [2.05, 4.69) is 14.7 Å². The van der Waals surface area contributed by atoms with Crippen molar-refractivity contribution in [3.63, 3.8) is 0 Å². The number of hydrogen-bond donors (Lipinski definition) is 0. The third kappa shape index (κ3) is 5.40. The average Bonchev–Trinajstić information content (AvgIpc) is 3.28. The molecule has 31 heavy (non-hydrogen) atoms. The van der Waals surface area contributed by atoms with Gasteiger partial charge in [-0.3, -0.25) is 14.5 Å². The summed E-state index contributed by atoms with van der Waals surface area (Å²) in [5.41, 5.74) is 0.703. The van der Waals surface area contributed by atoms with Crippen LogP contribution in [0.5, 0.6) is 0 Å². The molecular formula is C20H24F3N5O3. The van der Waals surface area contributed by atoms with Gasteiger partial charge in [0.25, 0.3) is 5.91 Å². The number of carbonyl (C=O) groups is 2. The number of amides is 2. The Morgan fingerprint density at radius 1 is 1.03 bits per heavy atom. The van der Waals surface area contributed by atoms with Crippen LogP contribution in [-0.2, 0) is 11.0 Å². The molecule has 8 nitrogen and oxygen atoms in total. The Labute approximate surface area is 177 Å². The van der Waals surface area contributed by atoms with E-state index in [1.165, 1.54) is 24.3 Å². The molecule has 0 spiro atoms. The van der Waals surface area contributed by atoms with Gasteiger partial charge in [0.1, 0.15) is 0 Å². The molecule has 1 aromatic heterocycles. The lowest BCUT2D eigenvalue weighted by atomic mass is 10.1. The van der Waals surface area contributed by atoms with Crippen LogP contribution in [0.4, 0.5) is 13.2 Å². The minimum absolute atomic E-state index is 0.0542. The maximum atomic E-state index is 12.7. The largest absolute Gasteiger partial charge is 0.471 e. The number of likely N-dealkylation sites (N-methyl/N-ethyl adjacent to an activating group) is 1. The Morgan fingerprint density at radius 2 is 1.61 bits per heavy atom. The molecule has 0 bridgehead atoms. The van der Waals surface area contributed by atoms with Gasteiger partial charge in [-0.1, -0.05) is 31.1 Å². The van der Waals surface area contributed by atoms with Gasteiger partial charge in [-0.2, -0.15) is 18.2 Å². The van der Waals surface area contributed by atoms with Crippen LogP contribution < -0.4 is 0 Å². The molecule has 2 aromatic rings. The van der Waals surface area contributed by atoms with Crippen molar-refractivity contribution < 1.29 is 27.3 Å². The Bertz CT molecular complexity index is 902. The van der Waals surface area contributed by atoms with Gasteiger partial charge in [0.15, 0.2) is 0 Å². The average molecular weight is 439 g/mol. The van der Waals surface area contributed by atoms with Crippen molar-refractivity contribution in [2.24, 2.45) is 0 Å². The number of hydrogen-bond acceptors (Lipinski definition) is 6. The molecule has 0 radical (unpaired) electrons. The quantitative estimate of drug-likeness (QED) is 0.688. The van der Waals surface area contributed by atoms with Crippen LogP contribution in [0.2, 0.25) is 0 Å². The van der Waals surface area contributed by atoms with Gasteiger partial charge in [0, 0.05) is 37.3 Å². The van der Waals surface area contributed by atoms with Gasteiger partial charge in [0.05, 0.1) is 6.54 Å². The first-order valence-corrected chi connectivity index (χ1v) is 10.0. The molecule has 2 amide bonds. The highest BCUT2D eigenvalue weighted by molar-refractivity contribution is 5.94. The van der Waals surface area contributed by atoms with Crippen LogP contribution in [0.1, 0.15) is 30.1 Å². The molecule has 3 rings (SSSR count). The summed E-state index contributed by atoms with van der Waals surface area (Å²) >= 11 is 0. The van der Waals surface area contributed by atoms with Crippen molar-refractivity contribution in [3.05, 3.63) is 35.7 Å². The predicted molar refractivity (Wildman–Crippen MR) is 105 cm³/mol. The van der Waals surface area contributed by atoms with Gasteiger partial charge in [-0.05, 0) is 25.2 Å². The molecule has 1 aromatic carbocycles. The van der Waals surface area contributed by atoms with Crippen LogP contribution in [0.3, 0.4) is 0 Å². The lowest BCUT2D eigenvalue weighted by Crippen LogP contribution is -2.52. The summed E-state index contributed by atoms with van der Waals surface area (Å²) in [7, 11) is 0. The zero-order valence-electron chi connectivity index (χ0n) is 17.4. The third-order valence-electron chi connectivity index (χ3n) is 5.23. The van der Waals surface area contributed by atoms with Crippen molar-refractivity contribution in [1.29, 1.82) is 0 Å². The van der Waals surface area contributed by atoms with E-state index in [0.29, 0.717) is 43.9 Å². The minimum Gasteiger partial charge on any atom is -0.338 e. The van der Waals surface area contributed by atoms with E-state index in [-0.39, 0.29) is 17.6 Å². The maximum Gasteiger partial charge on any atom is 0.471 e. The summed E-state index contributed by atoms with van der Waals surface area (Å²) in [5.74, 6) is -1.77. The van der Waals surface area contributed by atoms with E-state index in [1.807, 2.05) is 18.7 Å². The molecule has 1 aliphatic heterocycles. The highest BCUT2D eigenvalue weighted by atomic mass is 19.4. The number of halogens is 3. The normalized spacial score (nSPS) is 14.9. The monoisotopic (exact) mass is 439 g/mol. The number of alkyl halides is 3.